The third-order valence-corrected chi connectivity index (χ3v) is 14.3. The van der Waals surface area contributed by atoms with Crippen molar-refractivity contribution in [3.63, 3.8) is 0 Å². The van der Waals surface area contributed by atoms with Gasteiger partial charge < -0.3 is 48.3 Å². The van der Waals surface area contributed by atoms with E-state index in [1.807, 2.05) is 33.8 Å². The SMILES string of the molecule is C=CC[C@H](/C=C(\C)C[C@H](C)C[C@H](OC)C1O[C@@](O)(C(=O)C(=O)N2CCCCC2C)[C@H](C)C[C@@H]1OC)C(=O)C[C@H](O)[C@@H](C)[C@H](OC=O)/C(C)=C/[C@@H]1CC[C@@H](OC[C@H]2CCC(=O)O2)[C@H](OC)C1. The Labute approximate surface area is 386 Å². The number of aliphatic hydroxyl groups is 2. The first-order valence-corrected chi connectivity index (χ1v) is 23.8. The van der Waals surface area contributed by atoms with Gasteiger partial charge in [0.05, 0.1) is 37.1 Å². The van der Waals surface area contributed by atoms with Crippen LogP contribution in [0.15, 0.2) is 36.0 Å². The summed E-state index contributed by atoms with van der Waals surface area (Å²) in [6.07, 6.45) is 8.70. The molecule has 368 valence electrons. The number of aliphatic hydroxyl groups excluding tert-OH is 1. The zero-order chi connectivity index (χ0) is 48.0. The minimum atomic E-state index is -2.34. The van der Waals surface area contributed by atoms with E-state index in [0.717, 1.165) is 43.3 Å². The van der Waals surface area contributed by atoms with Gasteiger partial charge in [-0.1, -0.05) is 44.6 Å². The first-order chi connectivity index (χ1) is 30.9. The molecule has 3 aliphatic heterocycles. The third-order valence-electron chi connectivity index (χ3n) is 14.3. The summed E-state index contributed by atoms with van der Waals surface area (Å²) in [7, 11) is 4.74. The largest absolute Gasteiger partial charge is 0.460 e. The van der Waals surface area contributed by atoms with Crippen LogP contribution >= 0.6 is 0 Å². The predicted octanol–water partition coefficient (Wildman–Crippen LogP) is 6.01. The number of cyclic esters (lactones) is 1. The molecule has 3 saturated heterocycles. The molecular formula is C50H79NO14. The molecule has 2 N–H and O–H groups in total. The Morgan fingerprint density at radius 3 is 2.32 bits per heavy atom. The highest BCUT2D eigenvalue weighted by Gasteiger charge is 2.56. The molecular weight excluding hydrogens is 839 g/mol. The minimum absolute atomic E-state index is 0.00222. The summed E-state index contributed by atoms with van der Waals surface area (Å²) in [4.78, 5) is 65.8. The maximum Gasteiger partial charge on any atom is 0.306 e. The van der Waals surface area contributed by atoms with Gasteiger partial charge in [0.2, 0.25) is 5.79 Å². The molecule has 15 heteroatoms. The third kappa shape index (κ3) is 14.6. The molecule has 0 aromatic heterocycles. The molecule has 0 spiro atoms. The van der Waals surface area contributed by atoms with Gasteiger partial charge in [0.1, 0.15) is 24.1 Å². The summed E-state index contributed by atoms with van der Waals surface area (Å²) in [6.45, 7) is 16.3. The molecule has 2 unspecified atom stereocenters. The number of likely N-dealkylation sites (tertiary alicyclic amines) is 1. The van der Waals surface area contributed by atoms with Crippen LogP contribution in [0.1, 0.15) is 125 Å². The monoisotopic (exact) mass is 918 g/mol. The smallest absolute Gasteiger partial charge is 0.306 e. The number of piperidine rings is 1. The summed E-state index contributed by atoms with van der Waals surface area (Å²) < 4.78 is 40.7. The second-order valence-corrected chi connectivity index (χ2v) is 19.4. The number of amides is 1. The molecule has 1 saturated carbocycles. The Hall–Kier alpha value is -3.31. The van der Waals surface area contributed by atoms with E-state index in [1.54, 1.807) is 41.3 Å². The fourth-order valence-corrected chi connectivity index (χ4v) is 10.4. The second kappa shape index (κ2) is 25.7. The highest BCUT2D eigenvalue weighted by atomic mass is 16.7. The van der Waals surface area contributed by atoms with E-state index in [4.69, 9.17) is 33.2 Å². The molecule has 15 atom stereocenters. The van der Waals surface area contributed by atoms with E-state index in [-0.39, 0.29) is 60.8 Å². The lowest BCUT2D eigenvalue weighted by atomic mass is 9.81. The molecule has 4 fully saturated rings. The predicted molar refractivity (Wildman–Crippen MR) is 242 cm³/mol. The first-order valence-electron chi connectivity index (χ1n) is 23.8. The standard InChI is InChI=1S/C50H79NO14/c1-11-14-37(40(54)27-39(53)35(7)46(63-29-52)32(4)24-36-16-18-41(42(26-36)59-8)62-28-38-17-19-45(55)64-38)22-30(2)21-31(3)23-43(60-9)47-44(61-10)25-33(5)50(58,65-47)48(56)49(57)51-20-13-12-15-34(51)6/h11,22,24,29,31,33-39,41-44,46-47,53,58H,1,12-21,23,25-28H2,2-10H3/b30-22+,32-24+/t31-,33+,34?,35+,36-,37+,38+,39-,41+,42+,43-,44-,46+,47?,50+/m0/s1. The van der Waals surface area contributed by atoms with Crippen molar-refractivity contribution in [2.45, 2.75) is 186 Å². The summed E-state index contributed by atoms with van der Waals surface area (Å²) >= 11 is 0. The highest BCUT2D eigenvalue weighted by molar-refractivity contribution is 6.38. The summed E-state index contributed by atoms with van der Waals surface area (Å²) in [5.74, 6) is -6.15. The van der Waals surface area contributed by atoms with Gasteiger partial charge in [0.25, 0.3) is 18.2 Å². The van der Waals surface area contributed by atoms with Gasteiger partial charge in [-0.05, 0) is 109 Å². The molecule has 15 nitrogen and oxygen atoms in total. The van der Waals surface area contributed by atoms with E-state index in [9.17, 15) is 34.2 Å². The van der Waals surface area contributed by atoms with Crippen LogP contribution in [-0.2, 0) is 57.1 Å². The number of Topliss-reactive ketones (excluding diaryl/α,β-unsaturated/α-hetero) is 2. The molecule has 0 bridgehead atoms. The number of hydrogen-bond donors (Lipinski definition) is 2. The van der Waals surface area contributed by atoms with Crippen molar-refractivity contribution in [2.24, 2.45) is 29.6 Å². The topological polar surface area (TPSA) is 194 Å². The van der Waals surface area contributed by atoms with Gasteiger partial charge in [-0.15, -0.1) is 6.58 Å². The lowest BCUT2D eigenvalue weighted by Crippen LogP contribution is -2.64. The second-order valence-electron chi connectivity index (χ2n) is 19.4. The Kier molecular flexibility index (Phi) is 21.5. The van der Waals surface area contributed by atoms with E-state index in [0.29, 0.717) is 58.1 Å². The number of nitrogens with zero attached hydrogens (tertiary/aromatic N) is 1. The molecule has 1 aliphatic carbocycles. The molecule has 0 aromatic rings. The fourth-order valence-electron chi connectivity index (χ4n) is 10.4. The van der Waals surface area contributed by atoms with Crippen LogP contribution in [0, 0.1) is 29.6 Å². The summed E-state index contributed by atoms with van der Waals surface area (Å²) in [5, 5.41) is 23.2. The van der Waals surface area contributed by atoms with Crippen molar-refractivity contribution in [1.82, 2.24) is 4.90 Å². The van der Waals surface area contributed by atoms with Gasteiger partial charge in [0, 0.05) is 64.5 Å². The molecule has 0 aromatic carbocycles. The number of carbonyl (C=O) groups is 5. The Morgan fingerprint density at radius 2 is 1.71 bits per heavy atom. The van der Waals surface area contributed by atoms with Crippen molar-refractivity contribution in [1.29, 1.82) is 0 Å². The maximum atomic E-state index is 13.8. The number of hydrogen-bond acceptors (Lipinski definition) is 14. The summed E-state index contributed by atoms with van der Waals surface area (Å²) in [5.41, 5.74) is 1.72. The molecule has 3 heterocycles. The van der Waals surface area contributed by atoms with Crippen molar-refractivity contribution in [2.75, 3.05) is 34.5 Å². The number of carbonyl (C=O) groups excluding carboxylic acids is 5. The number of esters is 1. The molecule has 4 aliphatic rings. The zero-order valence-electron chi connectivity index (χ0n) is 40.4. The van der Waals surface area contributed by atoms with Gasteiger partial charge >= 0.3 is 5.97 Å². The number of allylic oxidation sites excluding steroid dienone is 4. The average Bonchev–Trinajstić information content (AvgIpc) is 3.71. The average molecular weight is 918 g/mol. The maximum absolute atomic E-state index is 13.8. The Bertz CT molecular complexity index is 1660. The quantitative estimate of drug-likeness (QED) is 0.0469. The number of rotatable bonds is 25. The van der Waals surface area contributed by atoms with Gasteiger partial charge in [0.15, 0.2) is 0 Å². The number of ether oxygens (including phenoxy) is 7. The Morgan fingerprint density at radius 1 is 0.985 bits per heavy atom. The van der Waals surface area contributed by atoms with Crippen molar-refractivity contribution in [3.05, 3.63) is 36.0 Å². The summed E-state index contributed by atoms with van der Waals surface area (Å²) in [6, 6.07) is -0.107. The van der Waals surface area contributed by atoms with Gasteiger partial charge in [-0.25, -0.2) is 0 Å². The molecule has 0 radical (unpaired) electrons. The van der Waals surface area contributed by atoms with Crippen molar-refractivity contribution >= 4 is 29.9 Å². The number of ketones is 2. The fraction of sp³-hybridized carbons (Fsp3) is 0.780. The molecule has 4 rings (SSSR count). The van der Waals surface area contributed by atoms with Crippen LogP contribution in [0.5, 0.6) is 0 Å². The van der Waals surface area contributed by atoms with E-state index in [2.05, 4.69) is 12.7 Å². The normalized spacial score (nSPS) is 31.8. The van der Waals surface area contributed by atoms with Crippen LogP contribution in [0.2, 0.25) is 0 Å². The lowest BCUT2D eigenvalue weighted by Gasteiger charge is -2.47. The first kappa shape index (κ1) is 54.3. The van der Waals surface area contributed by atoms with Crippen LogP contribution in [0.3, 0.4) is 0 Å². The van der Waals surface area contributed by atoms with E-state index < -0.39 is 65.8 Å². The minimum Gasteiger partial charge on any atom is -0.460 e. The van der Waals surface area contributed by atoms with Crippen molar-refractivity contribution < 1.29 is 67.3 Å². The molecule has 1 amide bonds. The zero-order valence-corrected chi connectivity index (χ0v) is 40.4. The van der Waals surface area contributed by atoms with Gasteiger partial charge in [-0.3, -0.25) is 24.0 Å². The van der Waals surface area contributed by atoms with Crippen LogP contribution in [0.25, 0.3) is 0 Å². The van der Waals surface area contributed by atoms with Crippen LogP contribution < -0.4 is 0 Å². The molecule has 65 heavy (non-hydrogen) atoms. The Balaban J connectivity index is 1.36. The number of methoxy groups -OCH3 is 3. The highest BCUT2D eigenvalue weighted by Crippen LogP contribution is 2.39. The van der Waals surface area contributed by atoms with E-state index >= 15 is 0 Å². The van der Waals surface area contributed by atoms with Crippen LogP contribution in [-0.4, -0.2) is 140 Å². The van der Waals surface area contributed by atoms with Crippen molar-refractivity contribution in [3.8, 4) is 0 Å². The van der Waals surface area contributed by atoms with Gasteiger partial charge in [-0.2, -0.15) is 0 Å². The van der Waals surface area contributed by atoms with Crippen LogP contribution in [0.4, 0.5) is 0 Å². The van der Waals surface area contributed by atoms with E-state index in [1.165, 1.54) is 4.90 Å². The lowest BCUT2D eigenvalue weighted by molar-refractivity contribution is -0.302.